The molecule has 1 aromatic carbocycles. The molecule has 0 aliphatic carbocycles. The highest BCUT2D eigenvalue weighted by Gasteiger charge is 1.97. The maximum Gasteiger partial charge on any atom is 0.137 e. The van der Waals surface area contributed by atoms with Gasteiger partial charge >= 0.3 is 0 Å². The Morgan fingerprint density at radius 2 is 2.08 bits per heavy atom. The number of para-hydroxylation sites is 1. The molecule has 1 aromatic rings. The molecule has 0 atom stereocenters. The zero-order valence-electron chi connectivity index (χ0n) is 6.79. The highest BCUT2D eigenvalue weighted by molar-refractivity contribution is 6.32. The van der Waals surface area contributed by atoms with Crippen molar-refractivity contribution in [2.75, 3.05) is 13.2 Å². The predicted molar refractivity (Wildman–Crippen MR) is 50.6 cm³/mol. The first-order chi connectivity index (χ1) is 5.84. The first kappa shape index (κ1) is 9.36. The summed E-state index contributed by atoms with van der Waals surface area (Å²) in [6.45, 7) is 1.27. The summed E-state index contributed by atoms with van der Waals surface area (Å²) in [7, 11) is 0. The Kier molecular flexibility index (Phi) is 3.91. The Bertz CT molecular complexity index is 240. The summed E-state index contributed by atoms with van der Waals surface area (Å²) >= 11 is 5.85. The van der Waals surface area contributed by atoms with Gasteiger partial charge in [0.1, 0.15) is 5.75 Å². The molecule has 1 rings (SSSR count). The molecular formula is C9H12ClNO. The molecule has 2 nitrogen and oxygen atoms in total. The van der Waals surface area contributed by atoms with E-state index >= 15 is 0 Å². The zero-order valence-corrected chi connectivity index (χ0v) is 7.55. The van der Waals surface area contributed by atoms with Crippen LogP contribution in [0.25, 0.3) is 0 Å². The van der Waals surface area contributed by atoms with E-state index in [-0.39, 0.29) is 0 Å². The van der Waals surface area contributed by atoms with Gasteiger partial charge in [0.2, 0.25) is 0 Å². The lowest BCUT2D eigenvalue weighted by Crippen LogP contribution is -2.06. The molecular weight excluding hydrogens is 174 g/mol. The minimum absolute atomic E-state index is 0.625. The number of halogens is 1. The number of nitrogens with two attached hydrogens (primary N) is 1. The monoisotopic (exact) mass is 185 g/mol. The van der Waals surface area contributed by atoms with Gasteiger partial charge in [-0.2, -0.15) is 0 Å². The Balaban J connectivity index is 2.46. The molecule has 0 saturated carbocycles. The van der Waals surface area contributed by atoms with Gasteiger partial charge in [0.25, 0.3) is 0 Å². The van der Waals surface area contributed by atoms with Crippen LogP contribution in [0.3, 0.4) is 0 Å². The van der Waals surface area contributed by atoms with Crippen LogP contribution in [-0.2, 0) is 0 Å². The molecule has 0 radical (unpaired) electrons. The maximum atomic E-state index is 5.85. The largest absolute Gasteiger partial charge is 0.492 e. The Morgan fingerprint density at radius 1 is 1.33 bits per heavy atom. The number of benzene rings is 1. The third-order valence-electron chi connectivity index (χ3n) is 1.44. The Morgan fingerprint density at radius 3 is 2.75 bits per heavy atom. The molecule has 0 aliphatic heterocycles. The number of hydrogen-bond acceptors (Lipinski definition) is 2. The Labute approximate surface area is 77.3 Å². The third kappa shape index (κ3) is 2.72. The lowest BCUT2D eigenvalue weighted by molar-refractivity contribution is 0.313. The van der Waals surface area contributed by atoms with Crippen LogP contribution in [0.15, 0.2) is 24.3 Å². The summed E-state index contributed by atoms with van der Waals surface area (Å²) in [5, 5.41) is 0.648. The summed E-state index contributed by atoms with van der Waals surface area (Å²) in [5.74, 6) is 0.729. The van der Waals surface area contributed by atoms with Gasteiger partial charge in [0.05, 0.1) is 11.6 Å². The van der Waals surface area contributed by atoms with Gasteiger partial charge < -0.3 is 10.5 Å². The molecule has 0 bridgehead atoms. The van der Waals surface area contributed by atoms with Gasteiger partial charge in [-0.05, 0) is 25.1 Å². The predicted octanol–water partition coefficient (Wildman–Crippen LogP) is 2.07. The van der Waals surface area contributed by atoms with Crippen molar-refractivity contribution < 1.29 is 4.74 Å². The highest BCUT2D eigenvalue weighted by Crippen LogP contribution is 2.22. The van der Waals surface area contributed by atoms with E-state index in [0.717, 1.165) is 12.2 Å². The molecule has 0 saturated heterocycles. The average Bonchev–Trinajstić information content (AvgIpc) is 2.09. The van der Waals surface area contributed by atoms with Crippen molar-refractivity contribution in [1.82, 2.24) is 0 Å². The number of hydrogen-bond donors (Lipinski definition) is 1. The first-order valence-corrected chi connectivity index (χ1v) is 4.30. The van der Waals surface area contributed by atoms with E-state index < -0.39 is 0 Å². The van der Waals surface area contributed by atoms with Crippen molar-refractivity contribution >= 4 is 11.6 Å². The average molecular weight is 186 g/mol. The van der Waals surface area contributed by atoms with Crippen LogP contribution in [0.4, 0.5) is 0 Å². The smallest absolute Gasteiger partial charge is 0.137 e. The van der Waals surface area contributed by atoms with Crippen molar-refractivity contribution in [2.45, 2.75) is 6.42 Å². The van der Waals surface area contributed by atoms with Gasteiger partial charge in [-0.1, -0.05) is 23.7 Å². The topological polar surface area (TPSA) is 35.2 Å². The lowest BCUT2D eigenvalue weighted by atomic mass is 10.3. The van der Waals surface area contributed by atoms with Crippen LogP contribution in [0.5, 0.6) is 5.75 Å². The molecule has 0 aliphatic rings. The van der Waals surface area contributed by atoms with Crippen LogP contribution in [0.1, 0.15) is 6.42 Å². The van der Waals surface area contributed by atoms with Crippen LogP contribution < -0.4 is 10.5 Å². The van der Waals surface area contributed by atoms with E-state index in [4.69, 9.17) is 22.1 Å². The molecule has 0 fully saturated rings. The third-order valence-corrected chi connectivity index (χ3v) is 1.75. The van der Waals surface area contributed by atoms with Crippen molar-refractivity contribution in [3.8, 4) is 5.75 Å². The second kappa shape index (κ2) is 5.01. The van der Waals surface area contributed by atoms with Crippen LogP contribution in [-0.4, -0.2) is 13.2 Å². The van der Waals surface area contributed by atoms with E-state index in [9.17, 15) is 0 Å². The van der Waals surface area contributed by atoms with Crippen LogP contribution >= 0.6 is 11.6 Å². The summed E-state index contributed by atoms with van der Waals surface area (Å²) in [6, 6.07) is 7.42. The van der Waals surface area contributed by atoms with Gasteiger partial charge in [-0.25, -0.2) is 0 Å². The van der Waals surface area contributed by atoms with Crippen LogP contribution in [0, 0.1) is 0 Å². The molecule has 3 heteroatoms. The summed E-state index contributed by atoms with van der Waals surface area (Å²) in [5.41, 5.74) is 5.32. The molecule has 12 heavy (non-hydrogen) atoms. The molecule has 66 valence electrons. The Hall–Kier alpha value is -0.730. The van der Waals surface area contributed by atoms with Gasteiger partial charge in [-0.15, -0.1) is 0 Å². The van der Waals surface area contributed by atoms with E-state index in [1.54, 1.807) is 6.07 Å². The quantitative estimate of drug-likeness (QED) is 0.729. The number of rotatable bonds is 4. The van der Waals surface area contributed by atoms with E-state index in [1.165, 1.54) is 0 Å². The van der Waals surface area contributed by atoms with Gasteiger partial charge in [0.15, 0.2) is 0 Å². The minimum atomic E-state index is 0.625. The second-order valence-electron chi connectivity index (χ2n) is 2.42. The molecule has 2 N–H and O–H groups in total. The van der Waals surface area contributed by atoms with Crippen molar-refractivity contribution in [2.24, 2.45) is 5.73 Å². The minimum Gasteiger partial charge on any atom is -0.492 e. The molecule has 0 spiro atoms. The molecule has 0 unspecified atom stereocenters. The van der Waals surface area contributed by atoms with Crippen molar-refractivity contribution in [3.63, 3.8) is 0 Å². The normalized spacial score (nSPS) is 9.83. The lowest BCUT2D eigenvalue weighted by Gasteiger charge is -2.05. The fraction of sp³-hybridized carbons (Fsp3) is 0.333. The molecule has 0 aromatic heterocycles. The highest BCUT2D eigenvalue weighted by atomic mass is 35.5. The number of ether oxygens (including phenoxy) is 1. The van der Waals surface area contributed by atoms with E-state index in [2.05, 4.69) is 0 Å². The second-order valence-corrected chi connectivity index (χ2v) is 2.83. The summed E-state index contributed by atoms with van der Waals surface area (Å²) < 4.78 is 5.37. The fourth-order valence-electron chi connectivity index (χ4n) is 0.827. The standard InChI is InChI=1S/C9H12ClNO/c10-8-4-1-2-5-9(8)12-7-3-6-11/h1-2,4-5H,3,6-7,11H2. The fourth-order valence-corrected chi connectivity index (χ4v) is 1.02. The van der Waals surface area contributed by atoms with E-state index in [0.29, 0.717) is 18.2 Å². The SMILES string of the molecule is NCCCOc1ccccc1Cl. The van der Waals surface area contributed by atoms with Gasteiger partial charge in [-0.3, -0.25) is 0 Å². The summed E-state index contributed by atoms with van der Waals surface area (Å²) in [6.07, 6.45) is 0.852. The maximum absolute atomic E-state index is 5.85. The molecule has 0 heterocycles. The van der Waals surface area contributed by atoms with Crippen LogP contribution in [0.2, 0.25) is 5.02 Å². The van der Waals surface area contributed by atoms with Crippen molar-refractivity contribution in [1.29, 1.82) is 0 Å². The zero-order chi connectivity index (χ0) is 8.81. The summed E-state index contributed by atoms with van der Waals surface area (Å²) in [4.78, 5) is 0. The van der Waals surface area contributed by atoms with E-state index in [1.807, 2.05) is 18.2 Å². The first-order valence-electron chi connectivity index (χ1n) is 3.92. The van der Waals surface area contributed by atoms with Crippen molar-refractivity contribution in [3.05, 3.63) is 29.3 Å². The molecule has 0 amide bonds. The van der Waals surface area contributed by atoms with Gasteiger partial charge in [0, 0.05) is 0 Å².